The summed E-state index contributed by atoms with van der Waals surface area (Å²) in [5.41, 5.74) is 1.81. The number of anilines is 3. The van der Waals surface area contributed by atoms with Crippen molar-refractivity contribution in [2.75, 3.05) is 28.6 Å². The molecule has 1 fully saturated rings. The highest BCUT2D eigenvalue weighted by atomic mass is 19.2. The number of nitrogens with zero attached hydrogens (tertiary/aromatic N) is 1. The molecule has 1 saturated heterocycles. The first-order chi connectivity index (χ1) is 13.0. The second kappa shape index (κ2) is 8.62. The molecule has 142 valence electrons. The molecular formula is C20H21F2N3O2. The number of carbonyl (C=O) groups excluding carboxylic acids is 2. The summed E-state index contributed by atoms with van der Waals surface area (Å²) in [4.78, 5) is 26.2. The van der Waals surface area contributed by atoms with Crippen molar-refractivity contribution in [3.05, 3.63) is 54.1 Å². The molecule has 2 amide bonds. The van der Waals surface area contributed by atoms with Crippen LogP contribution in [0.3, 0.4) is 0 Å². The standard InChI is InChI=1S/C20H21F2N3O2/c21-17-9-6-15(12-18(17)22)24-20(27)13-19(26)23-14-4-7-16(8-5-14)25-10-2-1-3-11-25/h4-9,12H,1-3,10-11,13H2,(H,23,26)(H,24,27). The van der Waals surface area contributed by atoms with E-state index in [9.17, 15) is 18.4 Å². The SMILES string of the molecule is O=C(CC(=O)Nc1ccc(F)c(F)c1)Nc1ccc(N2CCCCC2)cc1. The van der Waals surface area contributed by atoms with Crippen molar-refractivity contribution in [1.82, 2.24) is 0 Å². The van der Waals surface area contributed by atoms with E-state index in [0.717, 1.165) is 30.9 Å². The second-order valence-corrected chi connectivity index (χ2v) is 6.50. The third kappa shape index (κ3) is 5.26. The zero-order valence-electron chi connectivity index (χ0n) is 14.8. The molecule has 27 heavy (non-hydrogen) atoms. The van der Waals surface area contributed by atoms with Crippen LogP contribution in [-0.4, -0.2) is 24.9 Å². The van der Waals surface area contributed by atoms with E-state index in [1.54, 1.807) is 12.1 Å². The second-order valence-electron chi connectivity index (χ2n) is 6.50. The normalized spacial score (nSPS) is 13.9. The van der Waals surface area contributed by atoms with Gasteiger partial charge in [0.1, 0.15) is 6.42 Å². The number of hydrogen-bond acceptors (Lipinski definition) is 3. The van der Waals surface area contributed by atoms with Crippen molar-refractivity contribution in [2.45, 2.75) is 25.7 Å². The Morgan fingerprint density at radius 3 is 2.04 bits per heavy atom. The van der Waals surface area contributed by atoms with Crippen molar-refractivity contribution >= 4 is 28.9 Å². The number of rotatable bonds is 5. The summed E-state index contributed by atoms with van der Waals surface area (Å²) in [5.74, 6) is -3.16. The molecule has 1 aliphatic heterocycles. The maximum absolute atomic E-state index is 13.1. The lowest BCUT2D eigenvalue weighted by molar-refractivity contribution is -0.123. The van der Waals surface area contributed by atoms with Crippen molar-refractivity contribution in [1.29, 1.82) is 0 Å². The highest BCUT2D eigenvalue weighted by Gasteiger charge is 2.13. The first kappa shape index (κ1) is 18.8. The number of halogens is 2. The van der Waals surface area contributed by atoms with Gasteiger partial charge in [-0.1, -0.05) is 0 Å². The van der Waals surface area contributed by atoms with Crippen LogP contribution in [0.2, 0.25) is 0 Å². The molecule has 0 bridgehead atoms. The van der Waals surface area contributed by atoms with Crippen LogP contribution in [0.25, 0.3) is 0 Å². The van der Waals surface area contributed by atoms with Gasteiger partial charge in [-0.25, -0.2) is 8.78 Å². The number of nitrogens with one attached hydrogen (secondary N) is 2. The van der Waals surface area contributed by atoms with Gasteiger partial charge in [0.25, 0.3) is 0 Å². The molecule has 0 saturated carbocycles. The lowest BCUT2D eigenvalue weighted by Gasteiger charge is -2.28. The fraction of sp³-hybridized carbons (Fsp3) is 0.300. The zero-order valence-corrected chi connectivity index (χ0v) is 14.8. The molecule has 7 heteroatoms. The monoisotopic (exact) mass is 373 g/mol. The Morgan fingerprint density at radius 1 is 0.815 bits per heavy atom. The molecule has 0 unspecified atom stereocenters. The maximum Gasteiger partial charge on any atom is 0.233 e. The first-order valence-corrected chi connectivity index (χ1v) is 8.91. The van der Waals surface area contributed by atoms with Crippen LogP contribution in [0.4, 0.5) is 25.8 Å². The fourth-order valence-electron chi connectivity index (χ4n) is 3.04. The van der Waals surface area contributed by atoms with Gasteiger partial charge in [0.2, 0.25) is 11.8 Å². The summed E-state index contributed by atoms with van der Waals surface area (Å²) in [7, 11) is 0. The number of piperidine rings is 1. The van der Waals surface area contributed by atoms with E-state index < -0.39 is 29.9 Å². The molecular weight excluding hydrogens is 352 g/mol. The van der Waals surface area contributed by atoms with Crippen molar-refractivity contribution < 1.29 is 18.4 Å². The number of hydrogen-bond donors (Lipinski definition) is 2. The number of amides is 2. The topological polar surface area (TPSA) is 61.4 Å². The average Bonchev–Trinajstić information content (AvgIpc) is 2.66. The van der Waals surface area contributed by atoms with Gasteiger partial charge in [0, 0.05) is 36.2 Å². The Kier molecular flexibility index (Phi) is 6.01. The smallest absolute Gasteiger partial charge is 0.233 e. The molecule has 1 aliphatic rings. The summed E-state index contributed by atoms with van der Waals surface area (Å²) in [6, 6.07) is 10.5. The molecule has 3 rings (SSSR count). The summed E-state index contributed by atoms with van der Waals surface area (Å²) in [5, 5.41) is 5.02. The van der Waals surface area contributed by atoms with Crippen LogP contribution in [0.5, 0.6) is 0 Å². The van der Waals surface area contributed by atoms with E-state index in [1.807, 2.05) is 12.1 Å². The van der Waals surface area contributed by atoms with E-state index in [-0.39, 0.29) is 5.69 Å². The minimum atomic E-state index is -1.06. The average molecular weight is 373 g/mol. The molecule has 0 spiro atoms. The zero-order chi connectivity index (χ0) is 19.2. The quantitative estimate of drug-likeness (QED) is 0.781. The predicted molar refractivity (Wildman–Crippen MR) is 101 cm³/mol. The van der Waals surface area contributed by atoms with Crippen molar-refractivity contribution in [2.24, 2.45) is 0 Å². The van der Waals surface area contributed by atoms with E-state index in [0.29, 0.717) is 5.69 Å². The summed E-state index contributed by atoms with van der Waals surface area (Å²) in [6.07, 6.45) is 3.21. The molecule has 0 aromatic heterocycles. The number of benzene rings is 2. The number of carbonyl (C=O) groups is 2. The van der Waals surface area contributed by atoms with Crippen LogP contribution in [0.15, 0.2) is 42.5 Å². The van der Waals surface area contributed by atoms with Gasteiger partial charge >= 0.3 is 0 Å². The Labute approximate surface area is 156 Å². The highest BCUT2D eigenvalue weighted by molar-refractivity contribution is 6.08. The van der Waals surface area contributed by atoms with Gasteiger partial charge in [-0.2, -0.15) is 0 Å². The van der Waals surface area contributed by atoms with Gasteiger partial charge in [-0.05, 0) is 55.7 Å². The van der Waals surface area contributed by atoms with Crippen molar-refractivity contribution in [3.63, 3.8) is 0 Å². The van der Waals surface area contributed by atoms with E-state index in [2.05, 4.69) is 15.5 Å². The third-order valence-electron chi connectivity index (χ3n) is 4.40. The molecule has 2 aromatic carbocycles. The Bertz CT molecular complexity index is 818. The summed E-state index contributed by atoms with van der Waals surface area (Å²) >= 11 is 0. The minimum absolute atomic E-state index is 0.0950. The summed E-state index contributed by atoms with van der Waals surface area (Å²) < 4.78 is 26.0. The van der Waals surface area contributed by atoms with Crippen LogP contribution in [-0.2, 0) is 9.59 Å². The third-order valence-corrected chi connectivity index (χ3v) is 4.40. The maximum atomic E-state index is 13.1. The van der Waals surface area contributed by atoms with Gasteiger partial charge in [-0.15, -0.1) is 0 Å². The molecule has 2 N–H and O–H groups in total. The Balaban J connectivity index is 1.50. The molecule has 5 nitrogen and oxygen atoms in total. The van der Waals surface area contributed by atoms with Gasteiger partial charge in [0.05, 0.1) is 0 Å². The van der Waals surface area contributed by atoms with Crippen LogP contribution in [0.1, 0.15) is 25.7 Å². The molecule has 0 radical (unpaired) electrons. The first-order valence-electron chi connectivity index (χ1n) is 8.91. The minimum Gasteiger partial charge on any atom is -0.372 e. The van der Waals surface area contributed by atoms with E-state index in [1.165, 1.54) is 25.3 Å². The van der Waals surface area contributed by atoms with Crippen molar-refractivity contribution in [3.8, 4) is 0 Å². The predicted octanol–water partition coefficient (Wildman–Crippen LogP) is 3.92. The van der Waals surface area contributed by atoms with E-state index >= 15 is 0 Å². The molecule has 0 aliphatic carbocycles. The molecule has 0 atom stereocenters. The highest BCUT2D eigenvalue weighted by Crippen LogP contribution is 2.22. The van der Waals surface area contributed by atoms with Crippen LogP contribution in [0, 0.1) is 11.6 Å². The van der Waals surface area contributed by atoms with E-state index in [4.69, 9.17) is 0 Å². The van der Waals surface area contributed by atoms with Gasteiger partial charge in [0.15, 0.2) is 11.6 Å². The fourth-order valence-corrected chi connectivity index (χ4v) is 3.04. The molecule has 1 heterocycles. The Morgan fingerprint density at radius 2 is 1.41 bits per heavy atom. The largest absolute Gasteiger partial charge is 0.372 e. The van der Waals surface area contributed by atoms with Gasteiger partial charge in [-0.3, -0.25) is 9.59 Å². The molecule has 2 aromatic rings. The van der Waals surface area contributed by atoms with Gasteiger partial charge < -0.3 is 15.5 Å². The lowest BCUT2D eigenvalue weighted by atomic mass is 10.1. The lowest BCUT2D eigenvalue weighted by Crippen LogP contribution is -2.29. The van der Waals surface area contributed by atoms with Crippen LogP contribution >= 0.6 is 0 Å². The Hall–Kier alpha value is -2.96. The summed E-state index contributed by atoms with van der Waals surface area (Å²) in [6.45, 7) is 2.08. The van der Waals surface area contributed by atoms with Crippen LogP contribution < -0.4 is 15.5 Å².